The van der Waals surface area contributed by atoms with E-state index in [4.69, 9.17) is 10.5 Å². The molecular formula is C43H61F2N7O8. The molecule has 6 rings (SSSR count). The number of hydrogen-bond acceptors (Lipinski definition) is 8. The lowest BCUT2D eigenvalue weighted by Crippen LogP contribution is -2.59. The Morgan fingerprint density at radius 1 is 0.800 bits per heavy atom. The van der Waals surface area contributed by atoms with Gasteiger partial charge in [-0.15, -0.1) is 0 Å². The zero-order valence-electron chi connectivity index (χ0n) is 35.6. The lowest BCUT2D eigenvalue weighted by molar-refractivity contribution is -0.160. The van der Waals surface area contributed by atoms with Gasteiger partial charge in [-0.3, -0.25) is 24.0 Å². The van der Waals surface area contributed by atoms with Crippen LogP contribution in [0.3, 0.4) is 0 Å². The number of primary amides is 1. The summed E-state index contributed by atoms with van der Waals surface area (Å²) in [6, 6.07) is 7.66. The molecule has 2 aromatic rings. The summed E-state index contributed by atoms with van der Waals surface area (Å²) < 4.78 is 29.9. The van der Waals surface area contributed by atoms with Gasteiger partial charge in [0.05, 0.1) is 13.0 Å². The number of ether oxygens (including phenoxy) is 1. The highest BCUT2D eigenvalue weighted by atomic mass is 19.1. The van der Waals surface area contributed by atoms with Gasteiger partial charge in [0.25, 0.3) is 0 Å². The summed E-state index contributed by atoms with van der Waals surface area (Å²) in [6.45, 7) is 12.2. The third kappa shape index (κ3) is 14.3. The number of carbonyl (C=O) groups excluding carboxylic acids is 7. The van der Waals surface area contributed by atoms with Gasteiger partial charge in [-0.2, -0.15) is 0 Å². The monoisotopic (exact) mass is 841 g/mol. The van der Waals surface area contributed by atoms with E-state index >= 15 is 0 Å². The molecule has 330 valence electrons. The lowest BCUT2D eigenvalue weighted by Gasteiger charge is -2.38. The molecule has 4 aliphatic heterocycles. The van der Waals surface area contributed by atoms with E-state index in [1.54, 1.807) is 30.6 Å². The van der Waals surface area contributed by atoms with Crippen LogP contribution in [0.2, 0.25) is 0 Å². The molecule has 5 atom stereocenters. The Morgan fingerprint density at radius 2 is 1.37 bits per heavy atom. The van der Waals surface area contributed by atoms with E-state index in [1.165, 1.54) is 22.6 Å². The zero-order chi connectivity index (χ0) is 44.5. The first-order valence-electron chi connectivity index (χ1n) is 20.8. The second kappa shape index (κ2) is 23.8. The molecule has 2 aromatic carbocycles. The van der Waals surface area contributed by atoms with Crippen molar-refractivity contribution in [1.82, 2.24) is 25.3 Å². The van der Waals surface area contributed by atoms with Crippen LogP contribution in [-0.4, -0.2) is 113 Å². The minimum absolute atomic E-state index is 0.0174. The standard InChI is InChI=1S/C23H34N4O6.C11H15N3O2.C7H6F2.C2H6/c1-14-13-19(28)25-11-5-8-17(25)22(31)26-10-4-3-7-16(26)20(29)24-15(2)21(30)27-12-6-9-18(27)23(32)33-14;1-2-8-3-5-9(6-4-8)14-11(16)13-7-10(12)15;1-5-2-6(8)4-7(9)3-5;1-2/h14-18H,3-13H2,1-2H3,(H,24,29);3-6H,2,7H2,1H3,(H2,12,15)(H2,13,14,16);2-4H,1H3;1-2H3. The SMILES string of the molecule is CC.CC1CC(=O)N2CCCC2C(=O)N2CCCCC2C(=O)NC(C)C(=O)N2CCCC2C(=O)O1.CCc1ccc(NC(=O)NCC(N)=O)cc1.Cc1cc(F)cc(F)c1. The number of esters is 1. The molecule has 0 aliphatic carbocycles. The number of rotatable bonds is 4. The Labute approximate surface area is 351 Å². The van der Waals surface area contributed by atoms with E-state index in [0.29, 0.717) is 63.0 Å². The van der Waals surface area contributed by atoms with Gasteiger partial charge < -0.3 is 41.1 Å². The van der Waals surface area contributed by atoms with Crippen LogP contribution in [0.4, 0.5) is 19.3 Å². The fourth-order valence-electron chi connectivity index (χ4n) is 7.42. The van der Waals surface area contributed by atoms with Crippen LogP contribution in [0, 0.1) is 18.6 Å². The van der Waals surface area contributed by atoms with Gasteiger partial charge in [0.1, 0.15) is 41.9 Å². The number of halogens is 2. The molecule has 15 nitrogen and oxygen atoms in total. The number of piperidine rings is 1. The first-order chi connectivity index (χ1) is 28.6. The van der Waals surface area contributed by atoms with Crippen molar-refractivity contribution in [2.45, 2.75) is 130 Å². The summed E-state index contributed by atoms with van der Waals surface area (Å²) in [5.41, 5.74) is 7.37. The van der Waals surface area contributed by atoms with Crippen LogP contribution in [0.15, 0.2) is 42.5 Å². The van der Waals surface area contributed by atoms with Crippen molar-refractivity contribution < 1.29 is 47.1 Å². The number of cyclic esters (lactones) is 1. The Balaban J connectivity index is 0.000000293. The fraction of sp³-hybridized carbons (Fsp3) is 0.558. The number of nitrogens with one attached hydrogen (secondary N) is 3. The minimum Gasteiger partial charge on any atom is -0.461 e. The fourth-order valence-corrected chi connectivity index (χ4v) is 7.42. The second-order valence-electron chi connectivity index (χ2n) is 14.9. The molecule has 0 aromatic heterocycles. The summed E-state index contributed by atoms with van der Waals surface area (Å²) in [7, 11) is 0. The largest absolute Gasteiger partial charge is 0.461 e. The van der Waals surface area contributed by atoms with Crippen LogP contribution >= 0.6 is 0 Å². The molecule has 4 saturated heterocycles. The van der Waals surface area contributed by atoms with Crippen molar-refractivity contribution in [3.63, 3.8) is 0 Å². The first-order valence-corrected chi connectivity index (χ1v) is 20.8. The highest BCUT2D eigenvalue weighted by Gasteiger charge is 2.43. The molecule has 0 radical (unpaired) electrons. The molecule has 0 saturated carbocycles. The van der Waals surface area contributed by atoms with Gasteiger partial charge in [-0.1, -0.05) is 32.9 Å². The molecule has 5 N–H and O–H groups in total. The average molecular weight is 842 g/mol. The maximum atomic E-state index is 13.5. The van der Waals surface area contributed by atoms with E-state index in [0.717, 1.165) is 25.3 Å². The van der Waals surface area contributed by atoms with Gasteiger partial charge in [0.15, 0.2) is 0 Å². The van der Waals surface area contributed by atoms with E-state index in [2.05, 4.69) is 22.9 Å². The third-order valence-electron chi connectivity index (χ3n) is 10.3. The number of urea groups is 1. The van der Waals surface area contributed by atoms with E-state index < -0.39 is 59.8 Å². The smallest absolute Gasteiger partial charge is 0.329 e. The van der Waals surface area contributed by atoms with Gasteiger partial charge >= 0.3 is 12.0 Å². The molecule has 0 spiro atoms. The molecular weight excluding hydrogens is 781 g/mol. The Bertz CT molecular complexity index is 1760. The van der Waals surface area contributed by atoms with Crippen molar-refractivity contribution in [2.24, 2.45) is 5.73 Å². The average Bonchev–Trinajstić information content (AvgIpc) is 3.92. The third-order valence-corrected chi connectivity index (χ3v) is 10.3. The number of hydrogen-bond donors (Lipinski definition) is 4. The van der Waals surface area contributed by atoms with Crippen LogP contribution in [0.25, 0.3) is 0 Å². The van der Waals surface area contributed by atoms with E-state index in [1.807, 2.05) is 38.1 Å². The predicted molar refractivity (Wildman–Crippen MR) is 221 cm³/mol. The second-order valence-corrected chi connectivity index (χ2v) is 14.9. The minimum atomic E-state index is -0.820. The molecule has 60 heavy (non-hydrogen) atoms. The van der Waals surface area contributed by atoms with Gasteiger partial charge in [0.2, 0.25) is 29.5 Å². The molecule has 7 amide bonds. The van der Waals surface area contributed by atoms with E-state index in [9.17, 15) is 42.3 Å². The number of carbonyl (C=O) groups is 7. The summed E-state index contributed by atoms with van der Waals surface area (Å²) in [5.74, 6) is -3.29. The lowest BCUT2D eigenvalue weighted by atomic mass is 9.99. The van der Waals surface area contributed by atoms with Crippen LogP contribution in [0.5, 0.6) is 0 Å². The van der Waals surface area contributed by atoms with Gasteiger partial charge in [0, 0.05) is 31.4 Å². The number of nitrogens with two attached hydrogens (primary N) is 1. The van der Waals surface area contributed by atoms with Crippen LogP contribution in [-0.2, 0) is 39.9 Å². The van der Waals surface area contributed by atoms with E-state index in [-0.39, 0.29) is 36.6 Å². The van der Waals surface area contributed by atoms with Crippen LogP contribution < -0.4 is 21.7 Å². The summed E-state index contributed by atoms with van der Waals surface area (Å²) in [6.07, 6.45) is 4.83. The summed E-state index contributed by atoms with van der Waals surface area (Å²) in [5, 5.41) is 7.70. The van der Waals surface area contributed by atoms with Crippen molar-refractivity contribution in [3.05, 3.63) is 65.2 Å². The number of anilines is 1. The predicted octanol–water partition coefficient (Wildman–Crippen LogP) is 4.34. The summed E-state index contributed by atoms with van der Waals surface area (Å²) in [4.78, 5) is 91.8. The van der Waals surface area contributed by atoms with Crippen molar-refractivity contribution in [1.29, 1.82) is 0 Å². The molecule has 17 heteroatoms. The maximum Gasteiger partial charge on any atom is 0.329 e. The number of benzene rings is 2. The Morgan fingerprint density at radius 3 is 1.97 bits per heavy atom. The molecule has 4 fully saturated rings. The van der Waals surface area contributed by atoms with Crippen LogP contribution in [0.1, 0.15) is 97.1 Å². The molecule has 0 bridgehead atoms. The highest BCUT2D eigenvalue weighted by molar-refractivity contribution is 5.96. The highest BCUT2D eigenvalue weighted by Crippen LogP contribution is 2.27. The Hall–Kier alpha value is -5.61. The topological polar surface area (TPSA) is 201 Å². The number of nitrogens with zero attached hydrogens (tertiary/aromatic N) is 3. The van der Waals surface area contributed by atoms with Crippen molar-refractivity contribution >= 4 is 47.2 Å². The summed E-state index contributed by atoms with van der Waals surface area (Å²) >= 11 is 0. The van der Waals surface area contributed by atoms with Crippen molar-refractivity contribution in [2.75, 3.05) is 31.5 Å². The number of fused-ring (bicyclic) bond motifs is 3. The quantitative estimate of drug-likeness (QED) is 0.326. The number of amides is 7. The normalized spacial score (nSPS) is 23.1. The van der Waals surface area contributed by atoms with Gasteiger partial charge in [-0.05, 0) is 108 Å². The maximum absolute atomic E-state index is 13.5. The van der Waals surface area contributed by atoms with Crippen molar-refractivity contribution in [3.8, 4) is 0 Å². The Kier molecular flexibility index (Phi) is 19.4. The molecule has 5 unspecified atom stereocenters. The first kappa shape index (κ1) is 48.8. The molecule has 4 aliphatic rings. The molecule has 4 heterocycles. The zero-order valence-corrected chi connectivity index (χ0v) is 35.6. The van der Waals surface area contributed by atoms with Gasteiger partial charge in [-0.25, -0.2) is 18.4 Å². The number of aryl methyl sites for hydroxylation is 2.